The van der Waals surface area contributed by atoms with E-state index in [2.05, 4.69) is 5.32 Å². The molecule has 0 aromatic carbocycles. The molecular formula is C8H17NO2. The summed E-state index contributed by atoms with van der Waals surface area (Å²) in [5.74, 6) is -0.238. The van der Waals surface area contributed by atoms with E-state index in [1.54, 1.807) is 0 Å². The second kappa shape index (κ2) is 4.46. The molecule has 66 valence electrons. The van der Waals surface area contributed by atoms with Gasteiger partial charge in [0.2, 0.25) is 0 Å². The molecule has 2 N–H and O–H groups in total. The molecule has 0 heterocycles. The topological polar surface area (TPSA) is 49.3 Å². The summed E-state index contributed by atoms with van der Waals surface area (Å²) < 4.78 is 0. The molecule has 0 aliphatic rings. The van der Waals surface area contributed by atoms with Crippen LogP contribution in [0.5, 0.6) is 0 Å². The second-order valence-electron chi connectivity index (χ2n) is 3.42. The van der Waals surface area contributed by atoms with Crippen LogP contribution in [0.1, 0.15) is 20.3 Å². The molecule has 1 atom stereocenters. The Bertz CT molecular complexity index is 123. The number of aliphatic hydroxyl groups excluding tert-OH is 1. The van der Waals surface area contributed by atoms with Crippen LogP contribution in [-0.4, -0.2) is 30.6 Å². The third-order valence-corrected chi connectivity index (χ3v) is 1.88. The molecule has 0 fully saturated rings. The van der Waals surface area contributed by atoms with Gasteiger partial charge in [-0.05, 0) is 27.3 Å². The molecule has 0 spiro atoms. The summed E-state index contributed by atoms with van der Waals surface area (Å²) in [7, 11) is 1.85. The van der Waals surface area contributed by atoms with Crippen molar-refractivity contribution in [2.75, 3.05) is 13.7 Å². The van der Waals surface area contributed by atoms with E-state index in [1.807, 2.05) is 20.9 Å². The van der Waals surface area contributed by atoms with Gasteiger partial charge in [-0.1, -0.05) is 0 Å². The van der Waals surface area contributed by atoms with Crippen molar-refractivity contribution < 1.29 is 9.90 Å². The lowest BCUT2D eigenvalue weighted by atomic mass is 9.92. The molecule has 1 unspecified atom stereocenters. The normalized spacial score (nSPS) is 14.5. The zero-order valence-corrected chi connectivity index (χ0v) is 7.42. The van der Waals surface area contributed by atoms with Crippen LogP contribution in [0.4, 0.5) is 0 Å². The predicted octanol–water partition coefficient (Wildman–Crippen LogP) is 0.182. The molecule has 0 aromatic heterocycles. The number of hydrogen-bond acceptors (Lipinski definition) is 3. The number of aliphatic hydroxyl groups is 1. The molecule has 0 rings (SSSR count). The molecule has 0 aliphatic heterocycles. The van der Waals surface area contributed by atoms with Crippen LogP contribution in [0, 0.1) is 5.92 Å². The van der Waals surface area contributed by atoms with E-state index in [1.165, 1.54) is 0 Å². The molecular weight excluding hydrogens is 142 g/mol. The maximum Gasteiger partial charge on any atom is 0.125 e. The maximum atomic E-state index is 10.3. The average Bonchev–Trinajstić information content (AvgIpc) is 2.00. The summed E-state index contributed by atoms with van der Waals surface area (Å²) in [6.07, 6.45) is 1.47. The van der Waals surface area contributed by atoms with Gasteiger partial charge in [0.25, 0.3) is 0 Å². The Morgan fingerprint density at radius 1 is 1.64 bits per heavy atom. The van der Waals surface area contributed by atoms with Gasteiger partial charge in [0.1, 0.15) is 6.29 Å². The first kappa shape index (κ1) is 10.6. The van der Waals surface area contributed by atoms with Crippen molar-refractivity contribution in [3.63, 3.8) is 0 Å². The summed E-state index contributed by atoms with van der Waals surface area (Å²) in [5, 5.41) is 11.8. The fourth-order valence-electron chi connectivity index (χ4n) is 0.913. The van der Waals surface area contributed by atoms with E-state index in [0.29, 0.717) is 6.42 Å². The fraction of sp³-hybridized carbons (Fsp3) is 0.875. The van der Waals surface area contributed by atoms with Gasteiger partial charge in [-0.25, -0.2) is 0 Å². The minimum atomic E-state index is -0.238. The third kappa shape index (κ3) is 4.11. The molecule has 11 heavy (non-hydrogen) atoms. The van der Waals surface area contributed by atoms with Crippen LogP contribution in [0.25, 0.3) is 0 Å². The van der Waals surface area contributed by atoms with Crippen molar-refractivity contribution in [1.82, 2.24) is 5.32 Å². The number of carbonyl (C=O) groups is 1. The van der Waals surface area contributed by atoms with E-state index in [9.17, 15) is 4.79 Å². The number of nitrogens with one attached hydrogen (secondary N) is 1. The largest absolute Gasteiger partial charge is 0.396 e. The molecule has 0 bridgehead atoms. The lowest BCUT2D eigenvalue weighted by molar-refractivity contribution is -0.112. The van der Waals surface area contributed by atoms with E-state index in [0.717, 1.165) is 6.29 Å². The number of rotatable bonds is 5. The first-order valence-corrected chi connectivity index (χ1v) is 3.81. The zero-order valence-electron chi connectivity index (χ0n) is 7.42. The Hall–Kier alpha value is -0.410. The first-order valence-electron chi connectivity index (χ1n) is 3.81. The van der Waals surface area contributed by atoms with E-state index < -0.39 is 0 Å². The van der Waals surface area contributed by atoms with Crippen LogP contribution in [0.2, 0.25) is 0 Å². The molecule has 0 radical (unpaired) electrons. The van der Waals surface area contributed by atoms with Gasteiger partial charge in [0, 0.05) is 11.5 Å². The zero-order chi connectivity index (χ0) is 8.91. The highest BCUT2D eigenvalue weighted by molar-refractivity contribution is 5.53. The third-order valence-electron chi connectivity index (χ3n) is 1.88. The first-order chi connectivity index (χ1) is 5.05. The van der Waals surface area contributed by atoms with Crippen molar-refractivity contribution in [2.24, 2.45) is 5.92 Å². The minimum absolute atomic E-state index is 0.0609. The van der Waals surface area contributed by atoms with Gasteiger partial charge in [-0.2, -0.15) is 0 Å². The number of carbonyl (C=O) groups excluding carboxylic acids is 1. The summed E-state index contributed by atoms with van der Waals surface area (Å²) in [4.78, 5) is 10.3. The van der Waals surface area contributed by atoms with Crippen molar-refractivity contribution in [3.8, 4) is 0 Å². The smallest absolute Gasteiger partial charge is 0.125 e. The quantitative estimate of drug-likeness (QED) is 0.563. The van der Waals surface area contributed by atoms with E-state index >= 15 is 0 Å². The highest BCUT2D eigenvalue weighted by Crippen LogP contribution is 2.13. The highest BCUT2D eigenvalue weighted by Gasteiger charge is 2.20. The van der Waals surface area contributed by atoms with Gasteiger partial charge >= 0.3 is 0 Å². The Labute approximate surface area is 67.8 Å². The van der Waals surface area contributed by atoms with Crippen molar-refractivity contribution in [1.29, 1.82) is 0 Å². The molecule has 0 saturated carbocycles. The lowest BCUT2D eigenvalue weighted by Gasteiger charge is -2.25. The van der Waals surface area contributed by atoms with E-state index in [-0.39, 0.29) is 18.1 Å². The molecule has 3 nitrogen and oxygen atoms in total. The lowest BCUT2D eigenvalue weighted by Crippen LogP contribution is -2.39. The minimum Gasteiger partial charge on any atom is -0.396 e. The monoisotopic (exact) mass is 159 g/mol. The van der Waals surface area contributed by atoms with Gasteiger partial charge in [-0.15, -0.1) is 0 Å². The van der Waals surface area contributed by atoms with Gasteiger partial charge < -0.3 is 15.2 Å². The Kier molecular flexibility index (Phi) is 4.30. The Morgan fingerprint density at radius 3 is 2.45 bits per heavy atom. The number of aldehydes is 1. The SMILES string of the molecule is CNC(C)(C)CC(C=O)CO. The van der Waals surface area contributed by atoms with Crippen LogP contribution in [-0.2, 0) is 4.79 Å². The maximum absolute atomic E-state index is 10.3. The average molecular weight is 159 g/mol. The predicted molar refractivity (Wildman–Crippen MR) is 44.4 cm³/mol. The van der Waals surface area contributed by atoms with Gasteiger partial charge in [-0.3, -0.25) is 0 Å². The fourth-order valence-corrected chi connectivity index (χ4v) is 0.913. The molecule has 3 heteroatoms. The van der Waals surface area contributed by atoms with Crippen LogP contribution in [0.3, 0.4) is 0 Å². The summed E-state index contributed by atoms with van der Waals surface area (Å²) in [6.45, 7) is 3.94. The summed E-state index contributed by atoms with van der Waals surface area (Å²) >= 11 is 0. The van der Waals surface area contributed by atoms with Crippen molar-refractivity contribution in [3.05, 3.63) is 0 Å². The highest BCUT2D eigenvalue weighted by atomic mass is 16.3. The standard InChI is InChI=1S/C8H17NO2/c1-8(2,9-3)4-7(5-10)6-11/h5,7,9,11H,4,6H2,1-3H3. The van der Waals surface area contributed by atoms with Gasteiger partial charge in [0.15, 0.2) is 0 Å². The van der Waals surface area contributed by atoms with Crippen LogP contribution in [0.15, 0.2) is 0 Å². The number of hydrogen-bond donors (Lipinski definition) is 2. The summed E-state index contributed by atoms with van der Waals surface area (Å²) in [6, 6.07) is 0. The van der Waals surface area contributed by atoms with Gasteiger partial charge in [0.05, 0.1) is 6.61 Å². The van der Waals surface area contributed by atoms with Crippen LogP contribution < -0.4 is 5.32 Å². The van der Waals surface area contributed by atoms with Crippen LogP contribution >= 0.6 is 0 Å². The second-order valence-corrected chi connectivity index (χ2v) is 3.42. The Morgan fingerprint density at radius 2 is 2.18 bits per heavy atom. The summed E-state index contributed by atoms with van der Waals surface area (Å²) in [5.41, 5.74) is -0.0751. The molecule has 0 saturated heterocycles. The molecule has 0 aromatic rings. The van der Waals surface area contributed by atoms with Crippen molar-refractivity contribution >= 4 is 6.29 Å². The van der Waals surface area contributed by atoms with E-state index in [4.69, 9.17) is 5.11 Å². The molecule has 0 aliphatic carbocycles. The Balaban J connectivity index is 3.88. The van der Waals surface area contributed by atoms with Crippen molar-refractivity contribution in [2.45, 2.75) is 25.8 Å². The molecule has 0 amide bonds.